The fourth-order valence-electron chi connectivity index (χ4n) is 1.93. The molecule has 0 unspecified atom stereocenters. The van der Waals surface area contributed by atoms with Crippen LogP contribution in [0.1, 0.15) is 13.8 Å². The topological polar surface area (TPSA) is 87.0 Å². The lowest BCUT2D eigenvalue weighted by Gasteiger charge is -2.12. The summed E-state index contributed by atoms with van der Waals surface area (Å²) >= 11 is 0. The highest BCUT2D eigenvalue weighted by atomic mass is 16.6. The Kier molecular flexibility index (Phi) is 3.50. The van der Waals surface area contributed by atoms with Crippen LogP contribution in [0.5, 0.6) is 0 Å². The predicted molar refractivity (Wildman–Crippen MR) is 73.6 cm³/mol. The molecule has 6 nitrogen and oxygen atoms in total. The van der Waals surface area contributed by atoms with E-state index >= 15 is 0 Å². The summed E-state index contributed by atoms with van der Waals surface area (Å²) in [5.74, 6) is 0.898. The molecule has 0 radical (unpaired) electrons. The second kappa shape index (κ2) is 5.09. The summed E-state index contributed by atoms with van der Waals surface area (Å²) in [5, 5.41) is 10.6. The molecule has 0 aliphatic heterocycles. The first kappa shape index (κ1) is 13.1. The van der Waals surface area contributed by atoms with Crippen molar-refractivity contribution in [1.29, 1.82) is 0 Å². The quantitative estimate of drug-likeness (QED) is 0.676. The van der Waals surface area contributed by atoms with Crippen molar-refractivity contribution in [2.24, 2.45) is 5.92 Å². The Morgan fingerprint density at radius 1 is 1.37 bits per heavy atom. The van der Waals surface area contributed by atoms with Crippen LogP contribution in [0.4, 0.5) is 11.6 Å². The first-order valence-electron chi connectivity index (χ1n) is 6.05. The summed E-state index contributed by atoms with van der Waals surface area (Å²) in [6.45, 7) is 4.95. The van der Waals surface area contributed by atoms with Crippen molar-refractivity contribution in [1.82, 2.24) is 9.55 Å². The molecule has 0 saturated heterocycles. The van der Waals surface area contributed by atoms with E-state index in [1.165, 1.54) is 12.1 Å². The highest BCUT2D eigenvalue weighted by molar-refractivity contribution is 5.62. The smallest absolute Gasteiger partial charge is 0.269 e. The summed E-state index contributed by atoms with van der Waals surface area (Å²) in [7, 11) is 0. The number of nitrogen functional groups attached to an aromatic ring is 1. The fraction of sp³-hybridized carbons (Fsp3) is 0.308. The van der Waals surface area contributed by atoms with Gasteiger partial charge in [0.05, 0.1) is 16.8 Å². The number of aromatic nitrogens is 2. The number of nitrogens with two attached hydrogens (primary N) is 1. The second-order valence-electron chi connectivity index (χ2n) is 4.81. The number of anilines is 1. The van der Waals surface area contributed by atoms with Crippen LogP contribution < -0.4 is 5.73 Å². The van der Waals surface area contributed by atoms with Crippen LogP contribution in [-0.4, -0.2) is 14.5 Å². The highest BCUT2D eigenvalue weighted by Gasteiger charge is 2.12. The molecule has 2 N–H and O–H groups in total. The molecular weight excluding hydrogens is 244 g/mol. The van der Waals surface area contributed by atoms with E-state index in [0.717, 1.165) is 17.8 Å². The summed E-state index contributed by atoms with van der Waals surface area (Å²) in [6, 6.07) is 6.40. The molecule has 0 bridgehead atoms. The van der Waals surface area contributed by atoms with Crippen molar-refractivity contribution >= 4 is 11.6 Å². The van der Waals surface area contributed by atoms with Gasteiger partial charge in [-0.1, -0.05) is 13.8 Å². The molecule has 1 aromatic heterocycles. The number of rotatable bonds is 4. The van der Waals surface area contributed by atoms with Crippen LogP contribution in [0.25, 0.3) is 11.3 Å². The maximum absolute atomic E-state index is 10.6. The Morgan fingerprint density at radius 3 is 2.53 bits per heavy atom. The van der Waals surface area contributed by atoms with Crippen molar-refractivity contribution in [3.8, 4) is 11.3 Å². The molecule has 2 rings (SSSR count). The Hall–Kier alpha value is -2.37. The lowest BCUT2D eigenvalue weighted by atomic mass is 10.1. The van der Waals surface area contributed by atoms with E-state index in [-0.39, 0.29) is 5.69 Å². The zero-order valence-corrected chi connectivity index (χ0v) is 10.9. The number of hydrogen-bond acceptors (Lipinski definition) is 4. The minimum atomic E-state index is -0.413. The third-order valence-electron chi connectivity index (χ3n) is 2.81. The largest absolute Gasteiger partial charge is 0.369 e. The van der Waals surface area contributed by atoms with Gasteiger partial charge < -0.3 is 10.3 Å². The van der Waals surface area contributed by atoms with Crippen molar-refractivity contribution in [2.45, 2.75) is 20.4 Å². The lowest BCUT2D eigenvalue weighted by Crippen LogP contribution is -2.09. The van der Waals surface area contributed by atoms with E-state index in [9.17, 15) is 10.1 Å². The Balaban J connectivity index is 2.38. The number of hydrogen-bond donors (Lipinski definition) is 1. The van der Waals surface area contributed by atoms with E-state index in [2.05, 4.69) is 18.8 Å². The van der Waals surface area contributed by atoms with E-state index < -0.39 is 4.92 Å². The van der Waals surface area contributed by atoms with Gasteiger partial charge >= 0.3 is 0 Å². The molecular formula is C13H16N4O2. The van der Waals surface area contributed by atoms with Crippen molar-refractivity contribution in [2.75, 3.05) is 5.73 Å². The van der Waals surface area contributed by atoms with Gasteiger partial charge in [-0.2, -0.15) is 0 Å². The molecule has 0 saturated carbocycles. The molecule has 2 aromatic rings. The number of non-ortho nitro benzene ring substituents is 1. The Morgan fingerprint density at radius 2 is 2.00 bits per heavy atom. The molecule has 19 heavy (non-hydrogen) atoms. The summed E-state index contributed by atoms with van der Waals surface area (Å²) in [6.07, 6.45) is 1.69. The third-order valence-corrected chi connectivity index (χ3v) is 2.81. The molecule has 100 valence electrons. The van der Waals surface area contributed by atoms with Crippen LogP contribution in [0, 0.1) is 16.0 Å². The van der Waals surface area contributed by atoms with Gasteiger partial charge in [0, 0.05) is 24.2 Å². The monoisotopic (exact) mass is 260 g/mol. The summed E-state index contributed by atoms with van der Waals surface area (Å²) in [5.41, 5.74) is 7.67. The van der Waals surface area contributed by atoms with E-state index in [1.807, 2.05) is 4.57 Å². The molecule has 6 heteroatoms. The average molecular weight is 260 g/mol. The lowest BCUT2D eigenvalue weighted by molar-refractivity contribution is -0.384. The molecule has 1 heterocycles. The highest BCUT2D eigenvalue weighted by Crippen LogP contribution is 2.25. The van der Waals surface area contributed by atoms with Crippen LogP contribution in [-0.2, 0) is 6.54 Å². The van der Waals surface area contributed by atoms with Crippen molar-refractivity contribution in [3.63, 3.8) is 0 Å². The number of benzene rings is 1. The van der Waals surface area contributed by atoms with Gasteiger partial charge in [-0.05, 0) is 18.1 Å². The minimum Gasteiger partial charge on any atom is -0.369 e. The first-order chi connectivity index (χ1) is 8.99. The number of nitrogens with zero attached hydrogens (tertiary/aromatic N) is 3. The molecule has 1 aromatic carbocycles. The van der Waals surface area contributed by atoms with Gasteiger partial charge in [0.2, 0.25) is 5.95 Å². The molecule has 0 atom stereocenters. The zero-order chi connectivity index (χ0) is 14.0. The van der Waals surface area contributed by atoms with E-state index in [1.54, 1.807) is 18.3 Å². The van der Waals surface area contributed by atoms with Crippen LogP contribution in [0.15, 0.2) is 30.5 Å². The third kappa shape index (κ3) is 2.73. The Bertz CT molecular complexity index is 587. The average Bonchev–Trinajstić information content (AvgIpc) is 2.71. The number of imidazole rings is 1. The standard InChI is InChI=1S/C13H16N4O2/c1-9(2)8-16-12(7-15-13(16)14)10-3-5-11(6-4-10)17(18)19/h3-7,9H,8H2,1-2H3,(H2,14,15). The molecule has 0 aliphatic carbocycles. The maximum Gasteiger partial charge on any atom is 0.269 e. The van der Waals surface area contributed by atoms with Crippen LogP contribution in [0.2, 0.25) is 0 Å². The molecule has 0 amide bonds. The first-order valence-corrected chi connectivity index (χ1v) is 6.05. The number of nitro benzene ring substituents is 1. The van der Waals surface area contributed by atoms with Gasteiger partial charge in [0.15, 0.2) is 0 Å². The molecule has 0 fully saturated rings. The van der Waals surface area contributed by atoms with Gasteiger partial charge in [-0.3, -0.25) is 10.1 Å². The second-order valence-corrected chi connectivity index (χ2v) is 4.81. The minimum absolute atomic E-state index is 0.0756. The van der Waals surface area contributed by atoms with Gasteiger partial charge in [0.1, 0.15) is 0 Å². The molecule has 0 spiro atoms. The Labute approximate surface area is 111 Å². The number of nitro groups is 1. The van der Waals surface area contributed by atoms with Gasteiger partial charge in [-0.15, -0.1) is 0 Å². The SMILES string of the molecule is CC(C)Cn1c(-c2ccc([N+](=O)[O-])cc2)cnc1N. The van der Waals surface area contributed by atoms with Crippen molar-refractivity contribution in [3.05, 3.63) is 40.6 Å². The normalized spacial score (nSPS) is 10.9. The molecule has 0 aliphatic rings. The van der Waals surface area contributed by atoms with Gasteiger partial charge in [0.25, 0.3) is 5.69 Å². The zero-order valence-electron chi connectivity index (χ0n) is 10.9. The fourth-order valence-corrected chi connectivity index (χ4v) is 1.93. The van der Waals surface area contributed by atoms with Crippen LogP contribution >= 0.6 is 0 Å². The summed E-state index contributed by atoms with van der Waals surface area (Å²) < 4.78 is 1.92. The van der Waals surface area contributed by atoms with Gasteiger partial charge in [-0.25, -0.2) is 4.98 Å². The van der Waals surface area contributed by atoms with E-state index in [4.69, 9.17) is 5.73 Å². The van der Waals surface area contributed by atoms with Crippen LogP contribution in [0.3, 0.4) is 0 Å². The van der Waals surface area contributed by atoms with Crippen molar-refractivity contribution < 1.29 is 4.92 Å². The predicted octanol–water partition coefficient (Wildman–Crippen LogP) is 2.70. The summed E-state index contributed by atoms with van der Waals surface area (Å²) in [4.78, 5) is 14.3. The van der Waals surface area contributed by atoms with E-state index in [0.29, 0.717) is 11.9 Å². The maximum atomic E-state index is 10.6.